The molecular weight excluding hydrogens is 246 g/mol. The predicted octanol–water partition coefficient (Wildman–Crippen LogP) is 0.689. The van der Waals surface area contributed by atoms with Gasteiger partial charge in [0.05, 0.1) is 18.2 Å². The van der Waals surface area contributed by atoms with Gasteiger partial charge in [-0.2, -0.15) is 0 Å². The highest BCUT2D eigenvalue weighted by molar-refractivity contribution is 5.76. The lowest BCUT2D eigenvalue weighted by molar-refractivity contribution is -0.0474. The minimum Gasteiger partial charge on any atom is -0.394 e. The smallest absolute Gasteiger partial charge is 0.155 e. The van der Waals surface area contributed by atoms with Gasteiger partial charge in [-0.05, 0) is 37.1 Å². The van der Waals surface area contributed by atoms with Gasteiger partial charge in [-0.15, -0.1) is 5.10 Å². The molecule has 0 bridgehead atoms. The quantitative estimate of drug-likeness (QED) is 0.833. The number of rotatable bonds is 2. The van der Waals surface area contributed by atoms with Crippen LogP contribution in [0.5, 0.6) is 0 Å². The van der Waals surface area contributed by atoms with Gasteiger partial charge in [-0.1, -0.05) is 5.21 Å². The van der Waals surface area contributed by atoms with Gasteiger partial charge >= 0.3 is 0 Å². The summed E-state index contributed by atoms with van der Waals surface area (Å²) in [4.78, 5) is 0. The molecule has 0 radical (unpaired) electrons. The predicted molar refractivity (Wildman–Crippen MR) is 68.6 cm³/mol. The van der Waals surface area contributed by atoms with E-state index in [-0.39, 0.29) is 12.8 Å². The SMILES string of the molecule is Cc1cc2nnn([C@H]3C[C@H](O)[C@@H](CO)O3)c2cc1C. The van der Waals surface area contributed by atoms with Crippen LogP contribution in [-0.2, 0) is 4.74 Å². The van der Waals surface area contributed by atoms with Crippen LogP contribution in [0.25, 0.3) is 11.0 Å². The molecule has 1 aliphatic heterocycles. The Kier molecular flexibility index (Phi) is 3.00. The maximum absolute atomic E-state index is 9.78. The molecule has 3 rings (SSSR count). The Morgan fingerprint density at radius 3 is 2.79 bits per heavy atom. The molecule has 19 heavy (non-hydrogen) atoms. The summed E-state index contributed by atoms with van der Waals surface area (Å²) < 4.78 is 7.29. The minimum absolute atomic E-state index is 0.192. The van der Waals surface area contributed by atoms with Crippen LogP contribution >= 0.6 is 0 Å². The van der Waals surface area contributed by atoms with Crippen molar-refractivity contribution in [1.82, 2.24) is 15.0 Å². The van der Waals surface area contributed by atoms with Crippen LogP contribution in [0.1, 0.15) is 23.8 Å². The van der Waals surface area contributed by atoms with E-state index in [1.54, 1.807) is 4.68 Å². The van der Waals surface area contributed by atoms with Gasteiger partial charge in [-0.25, -0.2) is 4.68 Å². The summed E-state index contributed by atoms with van der Waals surface area (Å²) in [5.74, 6) is 0. The van der Waals surface area contributed by atoms with Crippen molar-refractivity contribution < 1.29 is 14.9 Å². The van der Waals surface area contributed by atoms with E-state index in [0.717, 1.165) is 16.6 Å². The van der Waals surface area contributed by atoms with Crippen molar-refractivity contribution in [1.29, 1.82) is 0 Å². The highest BCUT2D eigenvalue weighted by atomic mass is 16.5. The minimum atomic E-state index is -0.666. The summed E-state index contributed by atoms with van der Waals surface area (Å²) in [5.41, 5.74) is 4.03. The van der Waals surface area contributed by atoms with Gasteiger partial charge in [-0.3, -0.25) is 0 Å². The normalized spacial score (nSPS) is 27.3. The van der Waals surface area contributed by atoms with E-state index < -0.39 is 12.2 Å². The maximum Gasteiger partial charge on any atom is 0.155 e. The summed E-state index contributed by atoms with van der Waals surface area (Å²) in [6, 6.07) is 4.01. The van der Waals surface area contributed by atoms with Gasteiger partial charge in [0.25, 0.3) is 0 Å². The first kappa shape index (κ1) is 12.5. The molecule has 1 aromatic heterocycles. The Labute approximate surface area is 110 Å². The molecule has 2 aromatic rings. The topological polar surface area (TPSA) is 80.4 Å². The van der Waals surface area contributed by atoms with E-state index in [2.05, 4.69) is 10.3 Å². The number of aromatic nitrogens is 3. The zero-order valence-electron chi connectivity index (χ0n) is 10.9. The molecular formula is C13H17N3O3. The van der Waals surface area contributed by atoms with Crippen molar-refractivity contribution in [2.75, 3.05) is 6.61 Å². The maximum atomic E-state index is 9.78. The fourth-order valence-electron chi connectivity index (χ4n) is 2.44. The van der Waals surface area contributed by atoms with Crippen LogP contribution in [0.2, 0.25) is 0 Å². The molecule has 0 unspecified atom stereocenters. The first-order valence-corrected chi connectivity index (χ1v) is 6.36. The second-order valence-corrected chi connectivity index (χ2v) is 5.07. The van der Waals surface area contributed by atoms with Gasteiger partial charge in [0.1, 0.15) is 11.6 Å². The van der Waals surface area contributed by atoms with E-state index in [4.69, 9.17) is 9.84 Å². The number of hydrogen-bond acceptors (Lipinski definition) is 5. The molecule has 2 N–H and O–H groups in total. The number of fused-ring (bicyclic) bond motifs is 1. The summed E-state index contributed by atoms with van der Waals surface area (Å²) in [6.07, 6.45) is -1.17. The fraction of sp³-hybridized carbons (Fsp3) is 0.538. The Morgan fingerprint density at radius 1 is 1.37 bits per heavy atom. The third kappa shape index (κ3) is 2.01. The third-order valence-corrected chi connectivity index (χ3v) is 3.74. The molecule has 1 aliphatic rings. The number of nitrogens with zero attached hydrogens (tertiary/aromatic N) is 3. The van der Waals surface area contributed by atoms with Crippen molar-refractivity contribution >= 4 is 11.0 Å². The second-order valence-electron chi connectivity index (χ2n) is 5.07. The van der Waals surface area contributed by atoms with Gasteiger partial charge in [0.2, 0.25) is 0 Å². The molecule has 2 heterocycles. The number of hydrogen-bond donors (Lipinski definition) is 2. The van der Waals surface area contributed by atoms with Crippen molar-refractivity contribution in [3.63, 3.8) is 0 Å². The molecule has 102 valence electrons. The van der Waals surface area contributed by atoms with Gasteiger partial charge in [0.15, 0.2) is 6.23 Å². The lowest BCUT2D eigenvalue weighted by atomic mass is 10.1. The van der Waals surface area contributed by atoms with Crippen LogP contribution in [0, 0.1) is 13.8 Å². The number of aliphatic hydroxyl groups excluding tert-OH is 2. The number of ether oxygens (including phenoxy) is 1. The molecule has 3 atom stereocenters. The number of aryl methyl sites for hydroxylation is 2. The largest absolute Gasteiger partial charge is 0.394 e. The van der Waals surface area contributed by atoms with E-state index >= 15 is 0 Å². The summed E-state index contributed by atoms with van der Waals surface area (Å²) in [5, 5.41) is 27.1. The van der Waals surface area contributed by atoms with Crippen molar-refractivity contribution in [3.8, 4) is 0 Å². The summed E-state index contributed by atoms with van der Waals surface area (Å²) in [6.45, 7) is 3.88. The zero-order chi connectivity index (χ0) is 13.6. The first-order valence-electron chi connectivity index (χ1n) is 6.36. The number of aliphatic hydroxyl groups is 2. The standard InChI is InChI=1S/C13H17N3O3/c1-7-3-9-10(4-8(7)2)16(15-14-9)13-5-11(18)12(6-17)19-13/h3-4,11-13,17-18H,5-6H2,1-2H3/t11-,12+,13+/m0/s1. The van der Waals surface area contributed by atoms with Crippen LogP contribution in [0.3, 0.4) is 0 Å². The summed E-state index contributed by atoms with van der Waals surface area (Å²) in [7, 11) is 0. The van der Waals surface area contributed by atoms with Gasteiger partial charge in [0, 0.05) is 6.42 Å². The van der Waals surface area contributed by atoms with Crippen LogP contribution in [-0.4, -0.2) is 44.0 Å². The third-order valence-electron chi connectivity index (χ3n) is 3.74. The second kappa shape index (κ2) is 4.56. The Balaban J connectivity index is 2.00. The van der Waals surface area contributed by atoms with E-state index in [0.29, 0.717) is 6.42 Å². The highest BCUT2D eigenvalue weighted by Gasteiger charge is 2.35. The van der Waals surface area contributed by atoms with Crippen LogP contribution in [0.15, 0.2) is 12.1 Å². The molecule has 0 saturated carbocycles. The average molecular weight is 263 g/mol. The molecule has 6 heteroatoms. The Bertz CT molecular complexity index is 610. The Morgan fingerprint density at radius 2 is 2.11 bits per heavy atom. The van der Waals surface area contributed by atoms with Crippen LogP contribution < -0.4 is 0 Å². The average Bonchev–Trinajstić information content (AvgIpc) is 2.93. The van der Waals surface area contributed by atoms with Crippen molar-refractivity contribution in [2.45, 2.75) is 38.7 Å². The highest BCUT2D eigenvalue weighted by Crippen LogP contribution is 2.30. The zero-order valence-corrected chi connectivity index (χ0v) is 10.9. The monoisotopic (exact) mass is 263 g/mol. The lowest BCUT2D eigenvalue weighted by Gasteiger charge is -2.12. The van der Waals surface area contributed by atoms with Crippen LogP contribution in [0.4, 0.5) is 0 Å². The molecule has 1 saturated heterocycles. The molecule has 1 aromatic carbocycles. The van der Waals surface area contributed by atoms with Crippen molar-refractivity contribution in [2.24, 2.45) is 0 Å². The lowest BCUT2D eigenvalue weighted by Crippen LogP contribution is -2.24. The first-order chi connectivity index (χ1) is 9.10. The molecule has 0 aliphatic carbocycles. The number of benzene rings is 1. The molecule has 0 spiro atoms. The molecule has 6 nitrogen and oxygen atoms in total. The molecule has 0 amide bonds. The van der Waals surface area contributed by atoms with Gasteiger partial charge < -0.3 is 14.9 Å². The fourth-order valence-corrected chi connectivity index (χ4v) is 2.44. The summed E-state index contributed by atoms with van der Waals surface area (Å²) >= 11 is 0. The van der Waals surface area contributed by atoms with E-state index in [9.17, 15) is 5.11 Å². The van der Waals surface area contributed by atoms with E-state index in [1.165, 1.54) is 5.56 Å². The van der Waals surface area contributed by atoms with E-state index in [1.807, 2.05) is 26.0 Å². The molecule has 1 fully saturated rings. The Hall–Kier alpha value is -1.50. The van der Waals surface area contributed by atoms with Crippen molar-refractivity contribution in [3.05, 3.63) is 23.3 Å².